The highest BCUT2D eigenvalue weighted by Gasteiger charge is 2.31. The number of amidine groups is 1. The first-order chi connectivity index (χ1) is 15.7. The molecule has 8 heteroatoms. The van der Waals surface area contributed by atoms with Gasteiger partial charge in [0.15, 0.2) is 11.1 Å². The molecule has 168 valence electrons. The third-order valence-corrected chi connectivity index (χ3v) is 7.07. The van der Waals surface area contributed by atoms with E-state index < -0.39 is 0 Å². The number of ether oxygens (including phenoxy) is 1. The van der Waals surface area contributed by atoms with Crippen LogP contribution in [-0.2, 0) is 9.53 Å². The second kappa shape index (κ2) is 9.42. The van der Waals surface area contributed by atoms with E-state index in [4.69, 9.17) is 14.1 Å². The molecular formula is C24H28N4O3S. The quantitative estimate of drug-likeness (QED) is 0.643. The van der Waals surface area contributed by atoms with E-state index in [0.29, 0.717) is 15.8 Å². The maximum Gasteiger partial charge on any atom is 0.266 e. The van der Waals surface area contributed by atoms with Crippen molar-refractivity contribution in [3.63, 3.8) is 0 Å². The standard InChI is InChI=1S/C24H28N4O3S/c1-26-23(29)21(17-20-9-10-22(31-20)28-11-3-2-4-12-28)32-24(26)25-18-5-7-19(8-6-18)27-13-15-30-16-14-27/h5-10,17H,2-4,11-16H2,1H3/b21-17+,25-24?. The van der Waals surface area contributed by atoms with Crippen molar-refractivity contribution in [2.24, 2.45) is 4.99 Å². The molecule has 2 aromatic rings. The number of amides is 1. The number of anilines is 2. The molecule has 0 N–H and O–H groups in total. The molecule has 32 heavy (non-hydrogen) atoms. The maximum absolute atomic E-state index is 12.8. The van der Waals surface area contributed by atoms with E-state index in [0.717, 1.165) is 51.0 Å². The van der Waals surface area contributed by atoms with E-state index in [-0.39, 0.29) is 5.91 Å². The minimum absolute atomic E-state index is 0.0605. The zero-order chi connectivity index (χ0) is 21.9. The monoisotopic (exact) mass is 452 g/mol. The Morgan fingerprint density at radius 1 is 0.938 bits per heavy atom. The summed E-state index contributed by atoms with van der Waals surface area (Å²) in [5, 5.41) is 0.670. The highest BCUT2D eigenvalue weighted by Crippen LogP contribution is 2.34. The molecule has 3 saturated heterocycles. The first kappa shape index (κ1) is 21.2. The highest BCUT2D eigenvalue weighted by molar-refractivity contribution is 8.18. The lowest BCUT2D eigenvalue weighted by Gasteiger charge is -2.28. The van der Waals surface area contributed by atoms with Gasteiger partial charge in [0, 0.05) is 51.1 Å². The second-order valence-electron chi connectivity index (χ2n) is 8.21. The Balaban J connectivity index is 1.29. The third kappa shape index (κ3) is 4.56. The number of nitrogens with zero attached hydrogens (tertiary/aromatic N) is 4. The summed E-state index contributed by atoms with van der Waals surface area (Å²) in [4.78, 5) is 24.3. The molecule has 1 aromatic carbocycles. The molecule has 3 aliphatic heterocycles. The number of rotatable bonds is 4. The third-order valence-electron chi connectivity index (χ3n) is 6.01. The van der Waals surface area contributed by atoms with E-state index in [1.807, 2.05) is 30.3 Å². The van der Waals surface area contributed by atoms with Crippen molar-refractivity contribution in [3.8, 4) is 0 Å². The summed E-state index contributed by atoms with van der Waals surface area (Å²) >= 11 is 1.38. The number of carbonyl (C=O) groups excluding carboxylic acids is 1. The fourth-order valence-corrected chi connectivity index (χ4v) is 5.12. The molecule has 7 nitrogen and oxygen atoms in total. The summed E-state index contributed by atoms with van der Waals surface area (Å²) in [6.07, 6.45) is 5.50. The number of benzene rings is 1. The fraction of sp³-hybridized carbons (Fsp3) is 0.417. The average Bonchev–Trinajstić information content (AvgIpc) is 3.42. The second-order valence-corrected chi connectivity index (χ2v) is 9.22. The molecule has 3 fully saturated rings. The highest BCUT2D eigenvalue weighted by atomic mass is 32.2. The molecule has 1 amide bonds. The zero-order valence-corrected chi connectivity index (χ0v) is 19.1. The van der Waals surface area contributed by atoms with Crippen LogP contribution in [0.5, 0.6) is 0 Å². The predicted molar refractivity (Wildman–Crippen MR) is 130 cm³/mol. The predicted octanol–water partition coefficient (Wildman–Crippen LogP) is 4.34. The first-order valence-corrected chi connectivity index (χ1v) is 12.0. The van der Waals surface area contributed by atoms with Gasteiger partial charge < -0.3 is 19.0 Å². The normalized spacial score (nSPS) is 22.4. The van der Waals surface area contributed by atoms with Crippen molar-refractivity contribution < 1.29 is 13.9 Å². The summed E-state index contributed by atoms with van der Waals surface area (Å²) < 4.78 is 11.4. The summed E-state index contributed by atoms with van der Waals surface area (Å²) in [6, 6.07) is 12.1. The molecule has 5 rings (SSSR count). The Bertz CT molecular complexity index is 1020. The number of carbonyl (C=O) groups is 1. The van der Waals surface area contributed by atoms with Crippen LogP contribution < -0.4 is 9.80 Å². The molecule has 3 aliphatic rings. The minimum Gasteiger partial charge on any atom is -0.441 e. The average molecular weight is 453 g/mol. The molecule has 0 saturated carbocycles. The van der Waals surface area contributed by atoms with Gasteiger partial charge in [-0.25, -0.2) is 4.99 Å². The number of likely N-dealkylation sites (N-methyl/N-ethyl adjacent to an activating group) is 1. The van der Waals surface area contributed by atoms with Crippen LogP contribution in [0.25, 0.3) is 6.08 Å². The van der Waals surface area contributed by atoms with Crippen molar-refractivity contribution >= 4 is 46.2 Å². The zero-order valence-electron chi connectivity index (χ0n) is 18.3. The van der Waals surface area contributed by atoms with Gasteiger partial charge in [-0.2, -0.15) is 0 Å². The number of aliphatic imine (C=N–C) groups is 1. The molecule has 0 radical (unpaired) electrons. The van der Waals surface area contributed by atoms with Crippen molar-refractivity contribution in [2.75, 3.05) is 56.2 Å². The number of hydrogen-bond donors (Lipinski definition) is 0. The number of furan rings is 1. The van der Waals surface area contributed by atoms with Gasteiger partial charge in [0.05, 0.1) is 23.8 Å². The van der Waals surface area contributed by atoms with E-state index in [1.165, 1.54) is 36.7 Å². The summed E-state index contributed by atoms with van der Waals surface area (Å²) in [6.45, 7) is 5.39. The van der Waals surface area contributed by atoms with Crippen molar-refractivity contribution in [1.29, 1.82) is 0 Å². The van der Waals surface area contributed by atoms with Crippen LogP contribution >= 0.6 is 11.8 Å². The molecule has 0 aliphatic carbocycles. The van der Waals surface area contributed by atoms with Crippen LogP contribution in [0.2, 0.25) is 0 Å². The SMILES string of the molecule is CN1C(=O)/C(=C\c2ccc(N3CCCCC3)o2)SC1=Nc1ccc(N2CCOCC2)cc1. The van der Waals surface area contributed by atoms with Gasteiger partial charge in [-0.3, -0.25) is 9.69 Å². The van der Waals surface area contributed by atoms with E-state index in [1.54, 1.807) is 11.9 Å². The van der Waals surface area contributed by atoms with Crippen molar-refractivity contribution in [2.45, 2.75) is 19.3 Å². The molecule has 0 bridgehead atoms. The Kier molecular flexibility index (Phi) is 6.23. The largest absolute Gasteiger partial charge is 0.441 e. The Morgan fingerprint density at radius 3 is 2.44 bits per heavy atom. The Morgan fingerprint density at radius 2 is 1.69 bits per heavy atom. The molecule has 1 aromatic heterocycles. The number of hydrogen-bond acceptors (Lipinski definition) is 7. The summed E-state index contributed by atoms with van der Waals surface area (Å²) in [5.41, 5.74) is 2.00. The van der Waals surface area contributed by atoms with Gasteiger partial charge >= 0.3 is 0 Å². The van der Waals surface area contributed by atoms with Crippen LogP contribution in [0.4, 0.5) is 17.3 Å². The van der Waals surface area contributed by atoms with E-state index in [9.17, 15) is 4.79 Å². The van der Waals surface area contributed by atoms with Crippen LogP contribution in [0.15, 0.2) is 50.7 Å². The molecule has 0 unspecified atom stereocenters. The van der Waals surface area contributed by atoms with Crippen LogP contribution in [0, 0.1) is 0 Å². The Hall–Kier alpha value is -2.71. The van der Waals surface area contributed by atoms with Crippen LogP contribution in [-0.4, -0.2) is 62.4 Å². The first-order valence-electron chi connectivity index (χ1n) is 11.2. The van der Waals surface area contributed by atoms with Gasteiger partial charge in [-0.05, 0) is 61.4 Å². The smallest absolute Gasteiger partial charge is 0.266 e. The lowest BCUT2D eigenvalue weighted by Crippen LogP contribution is -2.36. The van der Waals surface area contributed by atoms with Crippen molar-refractivity contribution in [3.05, 3.63) is 47.1 Å². The number of thioether (sulfide) groups is 1. The van der Waals surface area contributed by atoms with Crippen LogP contribution in [0.3, 0.4) is 0 Å². The molecular weight excluding hydrogens is 424 g/mol. The number of morpholine rings is 1. The summed E-state index contributed by atoms with van der Waals surface area (Å²) in [7, 11) is 1.76. The number of piperidine rings is 1. The molecule has 0 spiro atoms. The lowest BCUT2D eigenvalue weighted by molar-refractivity contribution is -0.121. The van der Waals surface area contributed by atoms with Gasteiger partial charge in [-0.15, -0.1) is 0 Å². The molecule has 0 atom stereocenters. The van der Waals surface area contributed by atoms with E-state index in [2.05, 4.69) is 21.9 Å². The van der Waals surface area contributed by atoms with Gasteiger partial charge in [0.25, 0.3) is 5.91 Å². The topological polar surface area (TPSA) is 61.5 Å². The Labute approximate surface area is 192 Å². The minimum atomic E-state index is -0.0605. The van der Waals surface area contributed by atoms with Gasteiger partial charge in [0.2, 0.25) is 0 Å². The van der Waals surface area contributed by atoms with Crippen molar-refractivity contribution in [1.82, 2.24) is 4.90 Å². The molecule has 4 heterocycles. The summed E-state index contributed by atoms with van der Waals surface area (Å²) in [5.74, 6) is 1.52. The van der Waals surface area contributed by atoms with Gasteiger partial charge in [-0.1, -0.05) is 0 Å². The fourth-order valence-electron chi connectivity index (χ4n) is 4.15. The van der Waals surface area contributed by atoms with E-state index >= 15 is 0 Å². The lowest BCUT2D eigenvalue weighted by atomic mass is 10.1. The van der Waals surface area contributed by atoms with Gasteiger partial charge in [0.1, 0.15) is 5.76 Å². The van der Waals surface area contributed by atoms with Crippen LogP contribution in [0.1, 0.15) is 25.0 Å². The maximum atomic E-state index is 12.8.